The van der Waals surface area contributed by atoms with Gasteiger partial charge >= 0.3 is 0 Å². The molecule has 0 saturated carbocycles. The van der Waals surface area contributed by atoms with E-state index in [1.54, 1.807) is 7.11 Å². The second kappa shape index (κ2) is 6.60. The van der Waals surface area contributed by atoms with Gasteiger partial charge in [0, 0.05) is 13.7 Å². The molecule has 0 aliphatic rings. The van der Waals surface area contributed by atoms with Crippen molar-refractivity contribution in [1.82, 2.24) is 0 Å². The third-order valence-electron chi connectivity index (χ3n) is 1.57. The second-order valence-corrected chi connectivity index (χ2v) is 2.32. The van der Waals surface area contributed by atoms with Crippen LogP contribution in [-0.4, -0.2) is 13.7 Å². The topological polar surface area (TPSA) is 9.23 Å². The third kappa shape index (κ3) is 4.37. The molecule has 0 aromatic carbocycles. The van der Waals surface area contributed by atoms with Crippen LogP contribution >= 0.6 is 0 Å². The maximum atomic E-state index is 4.95. The van der Waals surface area contributed by atoms with Gasteiger partial charge in [0.2, 0.25) is 0 Å². The molecule has 1 unspecified atom stereocenters. The van der Waals surface area contributed by atoms with E-state index in [0.29, 0.717) is 5.92 Å². The average Bonchev–Trinajstić information content (AvgIpc) is 1.98. The molecule has 0 rings (SSSR count). The maximum Gasteiger partial charge on any atom is 0.0468 e. The largest absolute Gasteiger partial charge is 0.385 e. The summed E-state index contributed by atoms with van der Waals surface area (Å²) in [6.07, 6.45) is 4.24. The first-order chi connectivity index (χ1) is 4.85. The maximum absolute atomic E-state index is 4.95. The fourth-order valence-corrected chi connectivity index (χ4v) is 0.841. The lowest BCUT2D eigenvalue weighted by Crippen LogP contribution is -1.99. The number of rotatable bonds is 5. The fourth-order valence-electron chi connectivity index (χ4n) is 0.841. The zero-order valence-electron chi connectivity index (χ0n) is 6.89. The standard InChI is InChI=1S/C9H16O/c1-4-6-9(5-2)7-8-10-3/h6,9H,1,5,7-8H2,2-3H3. The summed E-state index contributed by atoms with van der Waals surface area (Å²) in [5.74, 6) is 0.595. The molecule has 0 heterocycles. The minimum atomic E-state index is 0.595. The quantitative estimate of drug-likeness (QED) is 0.533. The first-order valence-corrected chi connectivity index (χ1v) is 3.70. The highest BCUT2D eigenvalue weighted by Crippen LogP contribution is 2.08. The Morgan fingerprint density at radius 3 is 2.80 bits per heavy atom. The lowest BCUT2D eigenvalue weighted by molar-refractivity contribution is 0.183. The van der Waals surface area contributed by atoms with Gasteiger partial charge in [0.1, 0.15) is 0 Å². The lowest BCUT2D eigenvalue weighted by atomic mass is 10.0. The Balaban J connectivity index is 3.49. The molecule has 1 heteroatoms. The Morgan fingerprint density at radius 2 is 2.40 bits per heavy atom. The summed E-state index contributed by atoms with van der Waals surface area (Å²) >= 11 is 0. The Labute approximate surface area is 63.4 Å². The number of allylic oxidation sites excluding steroid dienone is 1. The van der Waals surface area contributed by atoms with Crippen LogP contribution in [-0.2, 0) is 4.74 Å². The summed E-state index contributed by atoms with van der Waals surface area (Å²) in [6.45, 7) is 6.53. The molecule has 0 aliphatic carbocycles. The van der Waals surface area contributed by atoms with Crippen LogP contribution in [0.15, 0.2) is 18.4 Å². The molecule has 0 aromatic heterocycles. The van der Waals surface area contributed by atoms with E-state index in [9.17, 15) is 0 Å². The van der Waals surface area contributed by atoms with Gasteiger partial charge in [0.25, 0.3) is 0 Å². The zero-order chi connectivity index (χ0) is 7.82. The van der Waals surface area contributed by atoms with Crippen molar-refractivity contribution in [3.63, 3.8) is 0 Å². The van der Waals surface area contributed by atoms with Crippen LogP contribution < -0.4 is 0 Å². The fraction of sp³-hybridized carbons (Fsp3) is 0.667. The number of hydrogen-bond acceptors (Lipinski definition) is 1. The first kappa shape index (κ1) is 9.48. The Morgan fingerprint density at radius 1 is 1.70 bits per heavy atom. The number of ether oxygens (including phenoxy) is 1. The van der Waals surface area contributed by atoms with Crippen LogP contribution in [0.1, 0.15) is 19.8 Å². The van der Waals surface area contributed by atoms with Crippen molar-refractivity contribution in [2.24, 2.45) is 5.92 Å². The van der Waals surface area contributed by atoms with Crippen LogP contribution in [0.2, 0.25) is 0 Å². The zero-order valence-corrected chi connectivity index (χ0v) is 6.89. The van der Waals surface area contributed by atoms with E-state index in [1.807, 2.05) is 6.08 Å². The normalized spacial score (nSPS) is 12.2. The van der Waals surface area contributed by atoms with Crippen LogP contribution in [0.4, 0.5) is 0 Å². The average molecular weight is 140 g/mol. The highest BCUT2D eigenvalue weighted by Gasteiger charge is 1.99. The van der Waals surface area contributed by atoms with Gasteiger partial charge in [0.15, 0.2) is 0 Å². The van der Waals surface area contributed by atoms with E-state index >= 15 is 0 Å². The van der Waals surface area contributed by atoms with Crippen molar-refractivity contribution >= 4 is 0 Å². The minimum Gasteiger partial charge on any atom is -0.385 e. The van der Waals surface area contributed by atoms with Gasteiger partial charge in [0.05, 0.1) is 0 Å². The lowest BCUT2D eigenvalue weighted by Gasteiger charge is -2.06. The van der Waals surface area contributed by atoms with Gasteiger partial charge in [-0.2, -0.15) is 0 Å². The molecule has 0 aromatic rings. The van der Waals surface area contributed by atoms with Crippen molar-refractivity contribution in [2.75, 3.05) is 13.7 Å². The number of methoxy groups -OCH3 is 1. The van der Waals surface area contributed by atoms with E-state index in [4.69, 9.17) is 4.74 Å². The SMILES string of the molecule is C=C=CC(CC)CCOC. The van der Waals surface area contributed by atoms with Gasteiger partial charge in [-0.1, -0.05) is 13.5 Å². The summed E-state index contributed by atoms with van der Waals surface area (Å²) in [6, 6.07) is 0. The molecule has 1 atom stereocenters. The molecule has 1 nitrogen and oxygen atoms in total. The first-order valence-electron chi connectivity index (χ1n) is 3.70. The van der Waals surface area contributed by atoms with Crippen LogP contribution in [0.3, 0.4) is 0 Å². The predicted molar refractivity (Wildman–Crippen MR) is 44.0 cm³/mol. The summed E-state index contributed by atoms with van der Waals surface area (Å²) in [4.78, 5) is 0. The van der Waals surface area contributed by atoms with Gasteiger partial charge in [-0.15, -0.1) is 5.73 Å². The van der Waals surface area contributed by atoms with Crippen LogP contribution in [0.5, 0.6) is 0 Å². The van der Waals surface area contributed by atoms with Crippen molar-refractivity contribution in [2.45, 2.75) is 19.8 Å². The minimum absolute atomic E-state index is 0.595. The Kier molecular flexibility index (Phi) is 6.25. The van der Waals surface area contributed by atoms with Crippen molar-refractivity contribution in [3.8, 4) is 0 Å². The van der Waals surface area contributed by atoms with Gasteiger partial charge in [-0.05, 0) is 24.8 Å². The van der Waals surface area contributed by atoms with E-state index in [1.165, 1.54) is 0 Å². The van der Waals surface area contributed by atoms with E-state index in [0.717, 1.165) is 19.4 Å². The summed E-state index contributed by atoms with van der Waals surface area (Å²) in [5, 5.41) is 0. The third-order valence-corrected chi connectivity index (χ3v) is 1.57. The van der Waals surface area contributed by atoms with Crippen molar-refractivity contribution in [3.05, 3.63) is 18.4 Å². The molecule has 0 N–H and O–H groups in total. The molecule has 0 aliphatic heterocycles. The predicted octanol–water partition coefficient (Wildman–Crippen LogP) is 2.39. The summed E-state index contributed by atoms with van der Waals surface area (Å²) in [5.41, 5.74) is 2.80. The van der Waals surface area contributed by atoms with E-state index in [-0.39, 0.29) is 0 Å². The molecule has 0 amide bonds. The highest BCUT2D eigenvalue weighted by molar-refractivity contribution is 4.83. The van der Waals surface area contributed by atoms with Crippen LogP contribution in [0, 0.1) is 5.92 Å². The molecule has 0 saturated heterocycles. The molecule has 0 radical (unpaired) electrons. The highest BCUT2D eigenvalue weighted by atomic mass is 16.5. The van der Waals surface area contributed by atoms with Crippen molar-refractivity contribution in [1.29, 1.82) is 0 Å². The molecule has 0 bridgehead atoms. The molecule has 58 valence electrons. The van der Waals surface area contributed by atoms with E-state index in [2.05, 4.69) is 19.2 Å². The van der Waals surface area contributed by atoms with E-state index < -0.39 is 0 Å². The van der Waals surface area contributed by atoms with Gasteiger partial charge in [-0.3, -0.25) is 0 Å². The van der Waals surface area contributed by atoms with Gasteiger partial charge in [-0.25, -0.2) is 0 Å². The van der Waals surface area contributed by atoms with Crippen molar-refractivity contribution < 1.29 is 4.74 Å². The Hall–Kier alpha value is -0.520. The molecule has 0 spiro atoms. The molecular weight excluding hydrogens is 124 g/mol. The summed E-state index contributed by atoms with van der Waals surface area (Å²) < 4.78 is 4.95. The Bertz CT molecular complexity index is 112. The molecule has 0 fully saturated rings. The molecular formula is C9H16O. The number of hydrogen-bond donors (Lipinski definition) is 0. The smallest absolute Gasteiger partial charge is 0.0468 e. The summed E-state index contributed by atoms with van der Waals surface area (Å²) in [7, 11) is 1.73. The van der Waals surface area contributed by atoms with Crippen LogP contribution in [0.25, 0.3) is 0 Å². The van der Waals surface area contributed by atoms with Gasteiger partial charge < -0.3 is 4.74 Å². The second-order valence-electron chi connectivity index (χ2n) is 2.32. The monoisotopic (exact) mass is 140 g/mol. The molecule has 10 heavy (non-hydrogen) atoms.